The van der Waals surface area contributed by atoms with Gasteiger partial charge in [0.2, 0.25) is 0 Å². The Morgan fingerprint density at radius 2 is 1.89 bits per heavy atom. The topological polar surface area (TPSA) is 40.5 Å². The van der Waals surface area contributed by atoms with Crippen LogP contribution in [0.3, 0.4) is 0 Å². The van der Waals surface area contributed by atoms with E-state index in [1.807, 2.05) is 0 Å². The Kier molecular flexibility index (Phi) is 3.81. The number of nitrogens with zero attached hydrogens (tertiary/aromatic N) is 1. The number of aliphatic hydroxyl groups excluding tert-OH is 1. The molecule has 0 aromatic heterocycles. The molecule has 0 heterocycles. The zero-order valence-corrected chi connectivity index (χ0v) is 10.9. The van der Waals surface area contributed by atoms with Crippen LogP contribution in [0.5, 0.6) is 0 Å². The third kappa shape index (κ3) is 2.74. The predicted molar refractivity (Wildman–Crippen MR) is 72.5 cm³/mol. The van der Waals surface area contributed by atoms with Gasteiger partial charge in [-0.3, -0.25) is 4.79 Å². The van der Waals surface area contributed by atoms with Crippen molar-refractivity contribution in [2.45, 2.75) is 13.0 Å². The fourth-order valence-corrected chi connectivity index (χ4v) is 2.13. The molecule has 0 saturated carbocycles. The maximum Gasteiger partial charge on any atom is 0.254 e. The SMILES string of the molecule is CC(O)CN(C)C(=O)c1ccc(F)c2ccccc12. The van der Waals surface area contributed by atoms with Crippen molar-refractivity contribution in [3.05, 3.63) is 47.8 Å². The number of benzene rings is 2. The van der Waals surface area contributed by atoms with Gasteiger partial charge in [0, 0.05) is 24.5 Å². The standard InChI is InChI=1S/C15H16FNO2/c1-10(18)9-17(2)15(19)13-7-8-14(16)12-6-4-3-5-11(12)13/h3-8,10,18H,9H2,1-2H3. The molecule has 0 aliphatic carbocycles. The summed E-state index contributed by atoms with van der Waals surface area (Å²) in [5.41, 5.74) is 0.445. The summed E-state index contributed by atoms with van der Waals surface area (Å²) in [6.45, 7) is 1.86. The highest BCUT2D eigenvalue weighted by Gasteiger charge is 2.17. The van der Waals surface area contributed by atoms with Crippen molar-refractivity contribution in [1.29, 1.82) is 0 Å². The Morgan fingerprint density at radius 3 is 2.53 bits per heavy atom. The highest BCUT2D eigenvalue weighted by molar-refractivity contribution is 6.07. The molecule has 2 rings (SSSR count). The van der Waals surface area contributed by atoms with Crippen LogP contribution in [0.2, 0.25) is 0 Å². The van der Waals surface area contributed by atoms with Crippen LogP contribution in [-0.2, 0) is 0 Å². The minimum absolute atomic E-state index is 0.225. The third-order valence-corrected chi connectivity index (χ3v) is 2.99. The Labute approximate surface area is 111 Å². The van der Waals surface area contributed by atoms with E-state index in [4.69, 9.17) is 0 Å². The van der Waals surface area contributed by atoms with Crippen LogP contribution in [0.25, 0.3) is 10.8 Å². The van der Waals surface area contributed by atoms with Gasteiger partial charge in [0.25, 0.3) is 5.91 Å². The zero-order valence-electron chi connectivity index (χ0n) is 10.9. The van der Waals surface area contributed by atoms with Gasteiger partial charge in [-0.1, -0.05) is 24.3 Å². The summed E-state index contributed by atoms with van der Waals surface area (Å²) in [5, 5.41) is 10.3. The fraction of sp³-hybridized carbons (Fsp3) is 0.267. The molecule has 100 valence electrons. The average molecular weight is 261 g/mol. The molecule has 19 heavy (non-hydrogen) atoms. The van der Waals surface area contributed by atoms with Crippen LogP contribution in [0.15, 0.2) is 36.4 Å². The summed E-state index contributed by atoms with van der Waals surface area (Å²) in [4.78, 5) is 13.7. The average Bonchev–Trinajstić information content (AvgIpc) is 2.38. The second kappa shape index (κ2) is 5.36. The first-order valence-corrected chi connectivity index (χ1v) is 6.11. The van der Waals surface area contributed by atoms with Gasteiger partial charge in [0.05, 0.1) is 6.10 Å². The first kappa shape index (κ1) is 13.5. The van der Waals surface area contributed by atoms with Crippen LogP contribution in [0.4, 0.5) is 4.39 Å². The Balaban J connectivity index is 2.46. The lowest BCUT2D eigenvalue weighted by atomic mass is 10.0. The Morgan fingerprint density at radius 1 is 1.26 bits per heavy atom. The van der Waals surface area contributed by atoms with Gasteiger partial charge < -0.3 is 10.0 Å². The van der Waals surface area contributed by atoms with Crippen molar-refractivity contribution >= 4 is 16.7 Å². The van der Waals surface area contributed by atoms with Crippen molar-refractivity contribution in [3.8, 4) is 0 Å². The maximum absolute atomic E-state index is 13.7. The molecule has 0 bridgehead atoms. The van der Waals surface area contributed by atoms with E-state index in [-0.39, 0.29) is 18.3 Å². The molecular formula is C15H16FNO2. The number of halogens is 1. The highest BCUT2D eigenvalue weighted by Crippen LogP contribution is 2.22. The second-order valence-electron chi connectivity index (χ2n) is 4.68. The lowest BCUT2D eigenvalue weighted by Gasteiger charge is -2.19. The first-order chi connectivity index (χ1) is 9.00. The van der Waals surface area contributed by atoms with E-state index in [9.17, 15) is 14.3 Å². The molecule has 2 aromatic carbocycles. The van der Waals surface area contributed by atoms with E-state index < -0.39 is 6.10 Å². The fourth-order valence-electron chi connectivity index (χ4n) is 2.13. The van der Waals surface area contributed by atoms with E-state index in [1.54, 1.807) is 38.2 Å². The normalized spacial score (nSPS) is 12.4. The number of hydrogen-bond acceptors (Lipinski definition) is 2. The molecule has 3 nitrogen and oxygen atoms in total. The van der Waals surface area contributed by atoms with Gasteiger partial charge in [-0.2, -0.15) is 0 Å². The molecule has 4 heteroatoms. The molecule has 0 spiro atoms. The van der Waals surface area contributed by atoms with Crippen LogP contribution < -0.4 is 0 Å². The number of carbonyl (C=O) groups is 1. The third-order valence-electron chi connectivity index (χ3n) is 2.99. The quantitative estimate of drug-likeness (QED) is 0.921. The van der Waals surface area contributed by atoms with Crippen molar-refractivity contribution in [2.75, 3.05) is 13.6 Å². The van der Waals surface area contributed by atoms with E-state index in [1.165, 1.54) is 17.0 Å². The molecule has 1 unspecified atom stereocenters. The second-order valence-corrected chi connectivity index (χ2v) is 4.68. The molecular weight excluding hydrogens is 245 g/mol. The largest absolute Gasteiger partial charge is 0.392 e. The highest BCUT2D eigenvalue weighted by atomic mass is 19.1. The minimum atomic E-state index is -0.597. The Hall–Kier alpha value is -1.94. The predicted octanol–water partition coefficient (Wildman–Crippen LogP) is 2.43. The summed E-state index contributed by atoms with van der Waals surface area (Å²) < 4.78 is 13.7. The lowest BCUT2D eigenvalue weighted by molar-refractivity contribution is 0.0705. The van der Waals surface area contributed by atoms with Crippen LogP contribution in [0, 0.1) is 5.82 Å². The van der Waals surface area contributed by atoms with Crippen molar-refractivity contribution in [3.63, 3.8) is 0 Å². The molecule has 0 radical (unpaired) electrons. The van der Waals surface area contributed by atoms with E-state index in [0.29, 0.717) is 16.3 Å². The molecule has 1 atom stereocenters. The number of likely N-dealkylation sites (N-methyl/N-ethyl adjacent to an activating group) is 1. The van der Waals surface area contributed by atoms with Gasteiger partial charge in [0.15, 0.2) is 0 Å². The summed E-state index contributed by atoms with van der Waals surface area (Å²) in [6, 6.07) is 9.66. The monoisotopic (exact) mass is 261 g/mol. The summed E-state index contributed by atoms with van der Waals surface area (Å²) in [6.07, 6.45) is -0.597. The molecule has 2 aromatic rings. The van der Waals surface area contributed by atoms with Crippen LogP contribution in [0.1, 0.15) is 17.3 Å². The molecule has 1 N–H and O–H groups in total. The van der Waals surface area contributed by atoms with Gasteiger partial charge in [0.1, 0.15) is 5.82 Å². The van der Waals surface area contributed by atoms with Gasteiger partial charge in [-0.25, -0.2) is 4.39 Å². The molecule has 0 aliphatic rings. The Bertz CT molecular complexity index is 610. The van der Waals surface area contributed by atoms with Crippen molar-refractivity contribution < 1.29 is 14.3 Å². The number of amides is 1. The summed E-state index contributed by atoms with van der Waals surface area (Å²) >= 11 is 0. The lowest BCUT2D eigenvalue weighted by Crippen LogP contribution is -2.33. The number of carbonyl (C=O) groups excluding carboxylic acids is 1. The molecule has 0 fully saturated rings. The first-order valence-electron chi connectivity index (χ1n) is 6.11. The van der Waals surface area contributed by atoms with E-state index in [2.05, 4.69) is 0 Å². The zero-order chi connectivity index (χ0) is 14.0. The van der Waals surface area contributed by atoms with E-state index >= 15 is 0 Å². The van der Waals surface area contributed by atoms with Crippen LogP contribution in [-0.4, -0.2) is 35.6 Å². The molecule has 1 amide bonds. The number of aliphatic hydroxyl groups is 1. The van der Waals surface area contributed by atoms with Crippen molar-refractivity contribution in [1.82, 2.24) is 4.90 Å². The number of hydrogen-bond donors (Lipinski definition) is 1. The van der Waals surface area contributed by atoms with Gasteiger partial charge in [-0.05, 0) is 24.4 Å². The molecule has 0 saturated heterocycles. The minimum Gasteiger partial charge on any atom is -0.392 e. The maximum atomic E-state index is 13.7. The number of rotatable bonds is 3. The summed E-state index contributed by atoms with van der Waals surface area (Å²) in [7, 11) is 1.62. The van der Waals surface area contributed by atoms with Gasteiger partial charge >= 0.3 is 0 Å². The van der Waals surface area contributed by atoms with Crippen LogP contribution >= 0.6 is 0 Å². The van der Waals surface area contributed by atoms with Gasteiger partial charge in [-0.15, -0.1) is 0 Å². The molecule has 0 aliphatic heterocycles. The summed E-state index contributed by atoms with van der Waals surface area (Å²) in [5.74, 6) is -0.567. The number of fused-ring (bicyclic) bond motifs is 1. The smallest absolute Gasteiger partial charge is 0.254 e. The van der Waals surface area contributed by atoms with Crippen molar-refractivity contribution in [2.24, 2.45) is 0 Å². The van der Waals surface area contributed by atoms with E-state index in [0.717, 1.165) is 0 Å².